The van der Waals surface area contributed by atoms with Crippen LogP contribution in [0.15, 0.2) is 6.20 Å². The first-order valence-corrected chi connectivity index (χ1v) is 5.15. The third-order valence-electron chi connectivity index (χ3n) is 3.09. The van der Waals surface area contributed by atoms with Crippen LogP contribution in [0.4, 0.5) is 13.2 Å². The van der Waals surface area contributed by atoms with Crippen LogP contribution >= 0.6 is 0 Å². The van der Waals surface area contributed by atoms with Crippen molar-refractivity contribution in [1.29, 1.82) is 0 Å². The van der Waals surface area contributed by atoms with Crippen molar-refractivity contribution < 1.29 is 13.2 Å². The largest absolute Gasteiger partial charge is 0.435 e. The fourth-order valence-electron chi connectivity index (χ4n) is 1.94. The van der Waals surface area contributed by atoms with E-state index in [-0.39, 0.29) is 11.1 Å². The highest BCUT2D eigenvalue weighted by molar-refractivity contribution is 5.25. The molecule has 90 valence electrons. The second-order valence-electron chi connectivity index (χ2n) is 4.38. The van der Waals surface area contributed by atoms with Crippen molar-refractivity contribution >= 4 is 0 Å². The van der Waals surface area contributed by atoms with Crippen molar-refractivity contribution in [2.24, 2.45) is 7.05 Å². The zero-order chi connectivity index (χ0) is 12.0. The van der Waals surface area contributed by atoms with Gasteiger partial charge in [0.25, 0.3) is 0 Å². The number of hydrogen-bond acceptors (Lipinski definition) is 2. The average Bonchev–Trinajstić information content (AvgIpc) is 2.83. The van der Waals surface area contributed by atoms with E-state index >= 15 is 0 Å². The smallest absolute Gasteiger partial charge is 0.314 e. The van der Waals surface area contributed by atoms with Crippen LogP contribution in [0.5, 0.6) is 0 Å². The van der Waals surface area contributed by atoms with E-state index in [1.54, 1.807) is 7.05 Å². The van der Waals surface area contributed by atoms with Gasteiger partial charge in [0.15, 0.2) is 5.69 Å². The third kappa shape index (κ3) is 2.07. The van der Waals surface area contributed by atoms with E-state index in [1.165, 1.54) is 17.9 Å². The Kier molecular flexibility index (Phi) is 2.49. The molecule has 2 rings (SSSR count). The minimum absolute atomic E-state index is 0.136. The molecule has 0 aromatic carbocycles. The Morgan fingerprint density at radius 3 is 2.56 bits per heavy atom. The lowest BCUT2D eigenvalue weighted by Crippen LogP contribution is -2.30. The van der Waals surface area contributed by atoms with Crippen molar-refractivity contribution in [1.82, 2.24) is 15.1 Å². The molecule has 1 aliphatic rings. The van der Waals surface area contributed by atoms with Crippen LogP contribution in [0.2, 0.25) is 0 Å². The molecule has 1 aromatic rings. The molecule has 1 heterocycles. The highest BCUT2D eigenvalue weighted by atomic mass is 19.4. The molecule has 1 saturated carbocycles. The summed E-state index contributed by atoms with van der Waals surface area (Å²) in [5.41, 5.74) is -0.610. The van der Waals surface area contributed by atoms with Gasteiger partial charge in [-0.1, -0.05) is 0 Å². The summed E-state index contributed by atoms with van der Waals surface area (Å²) in [6.07, 6.45) is -0.655. The molecular formula is C10H14F3N3. The molecule has 0 saturated heterocycles. The SMILES string of the molecule is CNC1(Cc2cn(C)nc2C(F)(F)F)CC1. The minimum atomic E-state index is -4.36. The monoisotopic (exact) mass is 233 g/mol. The maximum absolute atomic E-state index is 12.7. The Labute approximate surface area is 91.6 Å². The van der Waals surface area contributed by atoms with Crippen LogP contribution in [0.1, 0.15) is 24.1 Å². The molecule has 0 aliphatic heterocycles. The van der Waals surface area contributed by atoms with Crippen LogP contribution < -0.4 is 5.32 Å². The summed E-state index contributed by atoms with van der Waals surface area (Å²) in [5, 5.41) is 6.58. The van der Waals surface area contributed by atoms with E-state index in [9.17, 15) is 13.2 Å². The number of aromatic nitrogens is 2. The van der Waals surface area contributed by atoms with Gasteiger partial charge in [-0.3, -0.25) is 4.68 Å². The van der Waals surface area contributed by atoms with Gasteiger partial charge in [0, 0.05) is 24.3 Å². The second-order valence-corrected chi connectivity index (χ2v) is 4.38. The number of nitrogens with one attached hydrogen (secondary N) is 1. The normalized spacial score (nSPS) is 18.8. The summed E-state index contributed by atoms with van der Waals surface area (Å²) in [6.45, 7) is 0. The summed E-state index contributed by atoms with van der Waals surface area (Å²) >= 11 is 0. The second kappa shape index (κ2) is 3.48. The average molecular weight is 233 g/mol. The Hall–Kier alpha value is -1.04. The van der Waals surface area contributed by atoms with Crippen molar-refractivity contribution in [3.63, 3.8) is 0 Å². The van der Waals surface area contributed by atoms with Crippen LogP contribution in [0.3, 0.4) is 0 Å². The number of rotatable bonds is 3. The maximum Gasteiger partial charge on any atom is 0.435 e. The van der Waals surface area contributed by atoms with E-state index in [1.807, 2.05) is 0 Å². The quantitative estimate of drug-likeness (QED) is 0.861. The van der Waals surface area contributed by atoms with E-state index in [2.05, 4.69) is 10.4 Å². The number of likely N-dealkylation sites (N-methyl/N-ethyl adjacent to an activating group) is 1. The summed E-state index contributed by atoms with van der Waals surface area (Å²) in [4.78, 5) is 0. The molecule has 0 radical (unpaired) electrons. The molecule has 0 bridgehead atoms. The van der Waals surface area contributed by atoms with Gasteiger partial charge in [-0.25, -0.2) is 0 Å². The van der Waals surface area contributed by atoms with Gasteiger partial charge in [0.2, 0.25) is 0 Å². The predicted molar refractivity (Wildman–Crippen MR) is 52.9 cm³/mol. The van der Waals surface area contributed by atoms with Crippen molar-refractivity contribution in [2.45, 2.75) is 31.0 Å². The zero-order valence-corrected chi connectivity index (χ0v) is 9.23. The Balaban J connectivity index is 2.27. The Morgan fingerprint density at radius 2 is 2.12 bits per heavy atom. The lowest BCUT2D eigenvalue weighted by molar-refractivity contribution is -0.142. The van der Waals surface area contributed by atoms with Gasteiger partial charge in [-0.15, -0.1) is 0 Å². The Bertz CT molecular complexity index is 391. The fourth-order valence-corrected chi connectivity index (χ4v) is 1.94. The lowest BCUT2D eigenvalue weighted by Gasteiger charge is -2.14. The van der Waals surface area contributed by atoms with E-state index < -0.39 is 11.9 Å². The fraction of sp³-hybridized carbons (Fsp3) is 0.700. The molecule has 0 spiro atoms. The van der Waals surface area contributed by atoms with E-state index in [0.29, 0.717) is 6.42 Å². The zero-order valence-electron chi connectivity index (χ0n) is 9.23. The van der Waals surface area contributed by atoms with Gasteiger partial charge in [-0.2, -0.15) is 18.3 Å². The molecule has 0 unspecified atom stereocenters. The summed E-state index contributed by atoms with van der Waals surface area (Å²) < 4.78 is 39.2. The molecule has 0 atom stereocenters. The van der Waals surface area contributed by atoms with Crippen LogP contribution in [0, 0.1) is 0 Å². The number of hydrogen-bond donors (Lipinski definition) is 1. The number of nitrogens with zero attached hydrogens (tertiary/aromatic N) is 2. The van der Waals surface area contributed by atoms with Gasteiger partial charge < -0.3 is 5.32 Å². The molecule has 0 amide bonds. The van der Waals surface area contributed by atoms with Crippen LogP contribution in [0.25, 0.3) is 0 Å². The van der Waals surface area contributed by atoms with E-state index in [0.717, 1.165) is 12.8 Å². The van der Waals surface area contributed by atoms with Crippen LogP contribution in [-0.2, 0) is 19.6 Å². The summed E-state index contributed by atoms with van der Waals surface area (Å²) in [6, 6.07) is 0. The molecule has 1 fully saturated rings. The first-order chi connectivity index (χ1) is 7.36. The third-order valence-corrected chi connectivity index (χ3v) is 3.09. The van der Waals surface area contributed by atoms with Crippen molar-refractivity contribution in [3.05, 3.63) is 17.5 Å². The first-order valence-electron chi connectivity index (χ1n) is 5.15. The van der Waals surface area contributed by atoms with E-state index in [4.69, 9.17) is 0 Å². The predicted octanol–water partition coefficient (Wildman–Crippen LogP) is 1.73. The Morgan fingerprint density at radius 1 is 1.50 bits per heavy atom. The number of halogens is 3. The number of alkyl halides is 3. The van der Waals surface area contributed by atoms with Gasteiger partial charge in [0.05, 0.1) is 0 Å². The molecule has 3 nitrogen and oxygen atoms in total. The van der Waals surface area contributed by atoms with Crippen molar-refractivity contribution in [3.8, 4) is 0 Å². The minimum Gasteiger partial charge on any atom is -0.314 e. The molecule has 16 heavy (non-hydrogen) atoms. The highest BCUT2D eigenvalue weighted by Crippen LogP contribution is 2.40. The molecule has 1 N–H and O–H groups in total. The molecule has 1 aliphatic carbocycles. The standard InChI is InChI=1S/C10H14F3N3/c1-14-9(3-4-9)5-7-6-16(2)15-8(7)10(11,12)13/h6,14H,3-5H2,1-2H3. The maximum atomic E-state index is 12.7. The molecular weight excluding hydrogens is 219 g/mol. The summed E-state index contributed by atoms with van der Waals surface area (Å²) in [5.74, 6) is 0. The number of aryl methyl sites for hydroxylation is 1. The molecule has 1 aromatic heterocycles. The first kappa shape index (κ1) is 11.4. The van der Waals surface area contributed by atoms with Gasteiger partial charge >= 0.3 is 6.18 Å². The van der Waals surface area contributed by atoms with Gasteiger partial charge in [0.1, 0.15) is 0 Å². The molecule has 6 heteroatoms. The lowest BCUT2D eigenvalue weighted by atomic mass is 10.0. The summed E-state index contributed by atoms with van der Waals surface area (Å²) in [7, 11) is 3.30. The van der Waals surface area contributed by atoms with Gasteiger partial charge in [-0.05, 0) is 26.3 Å². The topological polar surface area (TPSA) is 29.9 Å². The van der Waals surface area contributed by atoms with Crippen LogP contribution in [-0.4, -0.2) is 22.4 Å². The van der Waals surface area contributed by atoms with Crippen molar-refractivity contribution in [2.75, 3.05) is 7.05 Å². The highest BCUT2D eigenvalue weighted by Gasteiger charge is 2.44.